The van der Waals surface area contributed by atoms with Crippen molar-refractivity contribution in [3.8, 4) is 28.3 Å². The fraction of sp³-hybridized carbons (Fsp3) is 0.200. The Morgan fingerprint density at radius 3 is 2.15 bits per heavy atom. The van der Waals surface area contributed by atoms with Crippen molar-refractivity contribution in [2.45, 2.75) is 70.6 Å². The first-order valence-corrected chi connectivity index (χ1v) is 28.2. The maximum atomic E-state index is 7.78. The number of hydrogen-bond acceptors (Lipinski definition) is 3. The van der Waals surface area contributed by atoms with E-state index in [1.807, 2.05) is 30.3 Å². The molecule has 307 valence electrons. The van der Waals surface area contributed by atoms with E-state index < -0.39 is 20.1 Å². The molecule has 0 saturated carbocycles. The molecule has 1 radical (unpaired) electrons. The Balaban J connectivity index is 0.000000225. The molecule has 10 rings (SSSR count). The van der Waals surface area contributed by atoms with Crippen LogP contribution in [0.15, 0.2) is 138 Å². The van der Waals surface area contributed by atoms with E-state index in [2.05, 4.69) is 165 Å². The Morgan fingerprint density at radius 1 is 0.705 bits per heavy atom. The zero-order valence-electron chi connectivity index (χ0n) is 38.9. The van der Waals surface area contributed by atoms with Crippen LogP contribution in [0.25, 0.3) is 82.8 Å². The van der Waals surface area contributed by atoms with Gasteiger partial charge >= 0.3 is 110 Å². The number of aromatic nitrogens is 3. The van der Waals surface area contributed by atoms with E-state index in [0.29, 0.717) is 23.1 Å². The summed E-state index contributed by atoms with van der Waals surface area (Å²) in [5.74, 6) is 8.08. The second kappa shape index (κ2) is 16.9. The number of benzene rings is 7. The number of rotatable bonds is 6. The maximum absolute atomic E-state index is 7.78. The van der Waals surface area contributed by atoms with E-state index >= 15 is 0 Å². The van der Waals surface area contributed by atoms with Crippen LogP contribution < -0.4 is 4.40 Å². The Kier molecular flexibility index (Phi) is 10.7. The average molecular weight is 1040 g/mol. The van der Waals surface area contributed by atoms with Gasteiger partial charge in [-0.3, -0.25) is 4.98 Å². The number of pyridine rings is 1. The Hall–Kier alpha value is -5.33. The van der Waals surface area contributed by atoms with Gasteiger partial charge in [0.05, 0.1) is 22.4 Å². The summed E-state index contributed by atoms with van der Waals surface area (Å²) in [6.07, 6.45) is 1.76. The molecule has 3 heterocycles. The molecule has 10 aromatic rings. The maximum Gasteiger partial charge on any atom is 0 e. The second-order valence-electron chi connectivity index (χ2n) is 17.6. The van der Waals surface area contributed by atoms with Crippen molar-refractivity contribution in [3.63, 3.8) is 0 Å². The van der Waals surface area contributed by atoms with Crippen LogP contribution in [-0.2, 0) is 20.1 Å². The molecule has 0 atom stereocenters. The number of imidazole rings is 1. The SMILES string of the molecule is Cc1cc(C(C)C)c(-n2c(-c3[c-]ccc4c3oc3cc5ccc6ccccc6c5cc34)nc3ccccc32)c(C(C)C)c1.[2H]C([2H])([2H])c1cc(-c2[c-]cccc2)nc[c]1[Ge]([CH3])([CH3])[CH3].[Ir]. The predicted molar refractivity (Wildman–Crippen MR) is 257 cm³/mol. The van der Waals surface area contributed by atoms with Gasteiger partial charge in [-0.15, -0.1) is 18.2 Å². The minimum absolute atomic E-state index is 0. The minimum Gasteiger partial charge on any atom is 0 e. The Bertz CT molecular complexity index is 3320. The number of furan rings is 1. The number of aryl methyl sites for hydroxylation is 2. The first-order chi connectivity index (χ1) is 30.1. The van der Waals surface area contributed by atoms with E-state index in [1.54, 1.807) is 12.3 Å². The summed E-state index contributed by atoms with van der Waals surface area (Å²) >= 11 is -2.27. The Morgan fingerprint density at radius 2 is 1.43 bits per heavy atom. The summed E-state index contributed by atoms with van der Waals surface area (Å²) in [4.78, 5) is 9.73. The summed E-state index contributed by atoms with van der Waals surface area (Å²) < 4.78 is 33.4. The van der Waals surface area contributed by atoms with Gasteiger partial charge in [-0.1, -0.05) is 105 Å². The van der Waals surface area contributed by atoms with E-state index in [1.165, 1.54) is 43.9 Å². The van der Waals surface area contributed by atoms with Gasteiger partial charge in [-0.2, -0.15) is 0 Å². The molecule has 61 heavy (non-hydrogen) atoms. The van der Waals surface area contributed by atoms with Gasteiger partial charge in [0.2, 0.25) is 0 Å². The molecule has 0 aliphatic heterocycles. The molecule has 0 amide bonds. The van der Waals surface area contributed by atoms with Crippen molar-refractivity contribution in [1.82, 2.24) is 14.5 Å². The molecule has 0 aliphatic carbocycles. The van der Waals surface area contributed by atoms with Crippen LogP contribution in [0.2, 0.25) is 17.3 Å². The summed E-state index contributed by atoms with van der Waals surface area (Å²) in [6.45, 7) is 9.22. The summed E-state index contributed by atoms with van der Waals surface area (Å²) in [5.41, 5.74) is 11.7. The monoisotopic (exact) mass is 1040 g/mol. The molecule has 0 fully saturated rings. The van der Waals surface area contributed by atoms with Crippen molar-refractivity contribution in [2.75, 3.05) is 0 Å². The van der Waals surface area contributed by atoms with Gasteiger partial charge in [-0.05, 0) is 75.7 Å². The van der Waals surface area contributed by atoms with Crippen LogP contribution in [0, 0.1) is 25.9 Å². The molecular weight excluding hydrogens is 983 g/mol. The third kappa shape index (κ3) is 7.89. The van der Waals surface area contributed by atoms with Crippen molar-refractivity contribution >= 4 is 72.2 Å². The van der Waals surface area contributed by atoms with Crippen LogP contribution in [0.4, 0.5) is 0 Å². The van der Waals surface area contributed by atoms with Crippen molar-refractivity contribution in [3.05, 3.63) is 168 Å². The van der Waals surface area contributed by atoms with E-state index in [9.17, 15) is 0 Å². The van der Waals surface area contributed by atoms with E-state index in [-0.39, 0.29) is 20.1 Å². The second-order valence-corrected chi connectivity index (χ2v) is 28.1. The zero-order chi connectivity index (χ0) is 44.4. The van der Waals surface area contributed by atoms with Gasteiger partial charge < -0.3 is 8.98 Å². The number of para-hydroxylation sites is 2. The van der Waals surface area contributed by atoms with E-state index in [0.717, 1.165) is 54.3 Å². The molecule has 0 N–H and O–H groups in total. The normalized spacial score (nSPS) is 12.8. The number of hydrogen-bond donors (Lipinski definition) is 0. The zero-order valence-corrected chi connectivity index (χ0v) is 40.4. The molecule has 4 nitrogen and oxygen atoms in total. The van der Waals surface area contributed by atoms with Gasteiger partial charge in [0.15, 0.2) is 0 Å². The topological polar surface area (TPSA) is 43.9 Å². The van der Waals surface area contributed by atoms with E-state index in [4.69, 9.17) is 13.5 Å². The summed E-state index contributed by atoms with van der Waals surface area (Å²) in [5, 5.41) is 7.09. The first-order valence-electron chi connectivity index (χ1n) is 22.4. The van der Waals surface area contributed by atoms with Gasteiger partial charge in [0.25, 0.3) is 0 Å². The molecule has 0 bridgehead atoms. The van der Waals surface area contributed by atoms with Crippen molar-refractivity contribution in [1.29, 1.82) is 0 Å². The van der Waals surface area contributed by atoms with Gasteiger partial charge in [-0.25, -0.2) is 0 Å². The largest absolute Gasteiger partial charge is 0 e. The van der Waals surface area contributed by atoms with Crippen LogP contribution in [0.3, 0.4) is 0 Å². The fourth-order valence-corrected chi connectivity index (χ4v) is 11.3. The van der Waals surface area contributed by atoms with Crippen molar-refractivity contribution in [2.24, 2.45) is 0 Å². The molecule has 3 aromatic heterocycles. The molecular formula is C55H51GeIrN3O-2. The third-order valence-corrected chi connectivity index (χ3v) is 15.8. The number of nitrogens with zero attached hydrogens (tertiary/aromatic N) is 3. The molecule has 6 heteroatoms. The summed E-state index contributed by atoms with van der Waals surface area (Å²) in [6, 6.07) is 50.5. The van der Waals surface area contributed by atoms with Crippen LogP contribution in [0.1, 0.15) is 65.9 Å². The molecule has 0 unspecified atom stereocenters. The van der Waals surface area contributed by atoms with Crippen LogP contribution >= 0.6 is 0 Å². The van der Waals surface area contributed by atoms with Crippen LogP contribution in [-0.4, -0.2) is 27.8 Å². The third-order valence-electron chi connectivity index (χ3n) is 11.6. The predicted octanol–water partition coefficient (Wildman–Crippen LogP) is 14.7. The standard InChI is InChI=1S/C40H33N2O.C15H18GeN.Ir/c1-23(2)31-19-25(5)20-32(24(3)4)38(31)42-36-16-9-8-15-35(36)41-40(42)30-14-10-13-29-34-22-33-27(21-37(34)43-39(29)30)18-17-26-11-6-7-12-28(26)33;1-12-10-15(13-8-6-5-7-9-13)17-11-14(12)16(2,3)4;/h6-13,15-24H,1-5H3;5-8,10-11H,1-4H3;/q2*-1;/i;1D3;. The molecule has 7 aromatic carbocycles. The fourth-order valence-electron chi connectivity index (χ4n) is 8.55. The van der Waals surface area contributed by atoms with Crippen LogP contribution in [0.5, 0.6) is 0 Å². The summed E-state index contributed by atoms with van der Waals surface area (Å²) in [7, 11) is 0. The average Bonchev–Trinajstić information content (AvgIpc) is 3.83. The smallest absolute Gasteiger partial charge is 0 e. The number of fused-ring (bicyclic) bond motifs is 7. The molecule has 0 aliphatic rings. The van der Waals surface area contributed by atoms with Gasteiger partial charge in [0, 0.05) is 31.2 Å². The molecule has 0 saturated heterocycles. The minimum atomic E-state index is -2.27. The first kappa shape index (κ1) is 38.6. The molecule has 0 spiro atoms. The Labute approximate surface area is 380 Å². The van der Waals surface area contributed by atoms with Gasteiger partial charge in [0.1, 0.15) is 5.58 Å². The quantitative estimate of drug-likeness (QED) is 0.0947. The van der Waals surface area contributed by atoms with Crippen molar-refractivity contribution < 1.29 is 28.6 Å².